The van der Waals surface area contributed by atoms with Crippen molar-refractivity contribution in [1.82, 2.24) is 10.6 Å². The maximum Gasteiger partial charge on any atom is 0.407 e. The molecule has 41 rings (SSSR count). The Hall–Kier alpha value is -10.3. The summed E-state index contributed by atoms with van der Waals surface area (Å²) in [7, 11) is 0. The van der Waals surface area contributed by atoms with Gasteiger partial charge in [-0.15, -0.1) is 0 Å². The summed E-state index contributed by atoms with van der Waals surface area (Å²) < 4.78 is 62.1. The molecule has 0 atom stereocenters. The third-order valence-electron chi connectivity index (χ3n) is 37.1. The second kappa shape index (κ2) is 16.7. The summed E-state index contributed by atoms with van der Waals surface area (Å²) in [6.07, 6.45) is 13.7. The number of hydrogen-bond acceptors (Lipinski definition) is 14. The summed E-state index contributed by atoms with van der Waals surface area (Å²) >= 11 is 0. The topological polar surface area (TPSA) is 185 Å². The largest absolute Gasteiger partial charge is 0.462 e. The Bertz CT molecular complexity index is 8220. The molecule has 0 aromatic heterocycles. The summed E-state index contributed by atoms with van der Waals surface area (Å²) in [6, 6.07) is 0. The summed E-state index contributed by atoms with van der Waals surface area (Å²) in [5.41, 5.74) is 0.0263. The van der Waals surface area contributed by atoms with Crippen LogP contribution >= 0.6 is 0 Å². The fraction of sp³-hybridized carbons (Fsp3) is 0.386. The van der Waals surface area contributed by atoms with E-state index in [-0.39, 0.29) is 89.3 Å². The zero-order valence-electron chi connectivity index (χ0n) is 63.5. The summed E-state index contributed by atoms with van der Waals surface area (Å²) in [5.74, 6) is 3.30. The van der Waals surface area contributed by atoms with Gasteiger partial charge in [-0.05, 0) is 426 Å². The van der Waals surface area contributed by atoms with Crippen molar-refractivity contribution in [3.05, 3.63) is 22.3 Å². The van der Waals surface area contributed by atoms with Gasteiger partial charge in [-0.25, -0.2) is 9.59 Å². The van der Waals surface area contributed by atoms with Crippen LogP contribution in [0.4, 0.5) is 9.59 Å². The van der Waals surface area contributed by atoms with Gasteiger partial charge >= 0.3 is 24.1 Å². The molecule has 117 heavy (non-hydrogen) atoms. The first-order valence-electron chi connectivity index (χ1n) is 44.2. The Labute approximate surface area is 656 Å². The van der Waals surface area contributed by atoms with Crippen molar-refractivity contribution in [2.75, 3.05) is 106 Å². The molecule has 16 nitrogen and oxygen atoms in total. The lowest BCUT2D eigenvalue weighted by Crippen LogP contribution is -2.60. The molecule has 0 radical (unpaired) electrons. The molecule has 2 amide bonds. The van der Waals surface area contributed by atoms with Gasteiger partial charge in [0.15, 0.2) is 5.41 Å². The molecule has 9 saturated carbocycles. The molecular weight excluding hydrogens is 1470 g/mol. The maximum absolute atomic E-state index is 17.9. The van der Waals surface area contributed by atoms with Crippen LogP contribution in [-0.2, 0) is 67.8 Å². The Kier molecular flexibility index (Phi) is 8.22. The number of amides is 2. The number of ether oxygens (including phenoxy) is 10. The van der Waals surface area contributed by atoms with Crippen molar-refractivity contribution in [3.8, 4) is 0 Å². The molecule has 13 aliphatic carbocycles. The highest BCUT2D eigenvalue weighted by atomic mass is 16.6. The van der Waals surface area contributed by atoms with Crippen molar-refractivity contribution in [2.24, 2.45) is 40.9 Å². The number of nitrogens with one attached hydrogen (secondary N) is 2. The average molecular weight is 1530 g/mol. The van der Waals surface area contributed by atoms with E-state index in [2.05, 4.69) is 10.6 Å². The fourth-order valence-corrected chi connectivity index (χ4v) is 36.4. The van der Waals surface area contributed by atoms with Crippen molar-refractivity contribution in [1.29, 1.82) is 0 Å². The van der Waals surface area contributed by atoms with Crippen LogP contribution in [0.5, 0.6) is 0 Å². The highest BCUT2D eigenvalue weighted by Crippen LogP contribution is 2.97. The van der Waals surface area contributed by atoms with Gasteiger partial charge in [-0.1, -0.05) is 0 Å². The molecule has 562 valence electrons. The molecule has 2 N–H and O–H groups in total. The SMILES string of the molecule is O=C(NC12CC3CC(CC(C3)C1)C2)OCCOCCOCCOCCOC(=O)C1(C(=O)OCCOCCOCCOCCOC(=O)NC23CC4CC(CC(C4)C2)C3)C23c4c5c6c7c8c9c(c%10c%11c2c2c4c4c%12c5c5c6c6c8c8c%13c9c9c%10c%10c%11c%11c2c2c4c4c%12c%12c5c5c6c8c6c8c%13c9c9c%10c%10c%11c2c2c4c4c%12c5c6c5c8c9c%10c2c45)C713. The minimum absolute atomic E-state index is 0.0842. The normalized spacial score (nSPS) is 28.5. The molecule has 9 fully saturated rings. The van der Waals surface area contributed by atoms with Crippen LogP contribution in [0, 0.1) is 40.9 Å². The van der Waals surface area contributed by atoms with Gasteiger partial charge in [0.1, 0.15) is 26.4 Å². The first-order valence-corrected chi connectivity index (χ1v) is 44.2. The molecule has 0 aliphatic heterocycles. The Morgan fingerprint density at radius 3 is 0.521 bits per heavy atom. The number of carbonyl (C=O) groups excluding carboxylic acids is 4. The molecule has 2 spiro atoms. The number of hydrogen-bond donors (Lipinski definition) is 2. The fourth-order valence-electron chi connectivity index (χ4n) is 36.4. The van der Waals surface area contributed by atoms with Crippen LogP contribution in [0.25, 0.3) is 291 Å². The first kappa shape index (κ1) is 57.7. The van der Waals surface area contributed by atoms with Gasteiger partial charge < -0.3 is 58.0 Å². The van der Waals surface area contributed by atoms with Crippen LogP contribution in [0.2, 0.25) is 0 Å². The summed E-state index contributed by atoms with van der Waals surface area (Å²) in [4.78, 5) is 61.8. The first-order chi connectivity index (χ1) is 57.8. The van der Waals surface area contributed by atoms with E-state index >= 15 is 9.59 Å². The maximum atomic E-state index is 17.9. The number of carbonyl (C=O) groups is 4. The predicted octanol–water partition coefficient (Wildman–Crippen LogP) is 19.9. The molecule has 13 aliphatic rings. The average Bonchev–Trinajstić information content (AvgIpc) is 1.35. The zero-order valence-corrected chi connectivity index (χ0v) is 63.5. The van der Waals surface area contributed by atoms with E-state index in [1.54, 1.807) is 0 Å². The summed E-state index contributed by atoms with van der Waals surface area (Å²) in [5, 5.41) is 83.4. The van der Waals surface area contributed by atoms with E-state index in [1.807, 2.05) is 0 Å². The highest BCUT2D eigenvalue weighted by molar-refractivity contribution is 6.82. The second-order valence-electron chi connectivity index (χ2n) is 40.9. The lowest BCUT2D eigenvalue weighted by atomic mass is 9.53. The van der Waals surface area contributed by atoms with E-state index in [0.717, 1.165) is 74.0 Å². The van der Waals surface area contributed by atoms with E-state index in [4.69, 9.17) is 47.4 Å². The van der Waals surface area contributed by atoms with E-state index < -0.39 is 28.2 Å². The van der Waals surface area contributed by atoms with Gasteiger partial charge in [0, 0.05) is 11.1 Å². The van der Waals surface area contributed by atoms with Crippen LogP contribution in [0.3, 0.4) is 0 Å². The van der Waals surface area contributed by atoms with Crippen LogP contribution < -0.4 is 10.6 Å². The third-order valence-corrected chi connectivity index (χ3v) is 37.1. The summed E-state index contributed by atoms with van der Waals surface area (Å²) in [6.45, 7) is 3.35. The second-order valence-corrected chi connectivity index (χ2v) is 40.9. The van der Waals surface area contributed by atoms with Crippen molar-refractivity contribution < 1.29 is 66.5 Å². The lowest BCUT2D eigenvalue weighted by molar-refractivity contribution is -0.168. The van der Waals surface area contributed by atoms with Crippen LogP contribution in [-0.4, -0.2) is 141 Å². The number of rotatable bonds is 28. The Morgan fingerprint density at radius 1 is 0.205 bits per heavy atom. The monoisotopic (exact) mass is 1530 g/mol. The van der Waals surface area contributed by atoms with E-state index in [0.29, 0.717) is 39.6 Å². The predicted molar refractivity (Wildman–Crippen MR) is 454 cm³/mol. The van der Waals surface area contributed by atoms with E-state index in [9.17, 15) is 9.59 Å². The lowest BCUT2D eigenvalue weighted by Gasteiger charge is -2.56. The van der Waals surface area contributed by atoms with Crippen LogP contribution in [0.15, 0.2) is 0 Å². The standard InChI is InChI=1S/C101H64N2O14/c104-93(114-13-9-110-5-1-108-3-7-112-11-15-116-95(106)102-97-23-29-17-30(24-97)19-31(18-29)25-97)101(94(105)115-14-10-111-6-2-109-4-8-113-12-16-117-96(107)103-98-26-32-20-33(27-98)22-34(21-32)28-98)99-89-81-73-63-53-45-37-35-36-39-43-41(37)49-57-51(43)61-55-47(39)48-40(36)44-42-38(35)46(45)54-60-50(42)58-52(44)62-56(48)66-65(55)75-69(61)79-71(57)77(67(73)59(49)53)85(89)87(79)91-83(75)84-76(66)70(62)80-72(58)78-68(60)74(64(54)63)82(81)90(99)86(78)88(80)92(84)100(91,99)101/h29-34H,1-28H2,(H,102,106)(H,103,107). The number of esters is 2. The molecule has 8 bridgehead atoms. The molecule has 0 heterocycles. The van der Waals surface area contributed by atoms with Gasteiger partial charge in [0.25, 0.3) is 0 Å². The third kappa shape index (κ3) is 4.80. The Balaban J connectivity index is 0.473. The smallest absolute Gasteiger partial charge is 0.407 e. The molecule has 28 aromatic rings. The Morgan fingerprint density at radius 2 is 0.350 bits per heavy atom. The van der Waals surface area contributed by atoms with Gasteiger partial charge in [0.05, 0.1) is 90.1 Å². The van der Waals surface area contributed by atoms with Gasteiger partial charge in [-0.2, -0.15) is 0 Å². The minimum Gasteiger partial charge on any atom is -0.462 e. The minimum atomic E-state index is -1.94. The molecule has 0 saturated heterocycles. The van der Waals surface area contributed by atoms with E-state index in [1.165, 1.54) is 352 Å². The van der Waals surface area contributed by atoms with Crippen molar-refractivity contribution >= 4 is 315 Å². The number of benzene rings is 18. The van der Waals surface area contributed by atoms with Crippen molar-refractivity contribution in [3.63, 3.8) is 0 Å². The number of alkyl carbamates (subject to hydrolysis) is 2. The molecule has 16 heteroatoms. The molecular formula is C101H64N2O14. The quantitative estimate of drug-likeness (QED) is 0.0155. The van der Waals surface area contributed by atoms with Crippen molar-refractivity contribution in [2.45, 2.75) is 99.0 Å². The van der Waals surface area contributed by atoms with Gasteiger partial charge in [0.2, 0.25) is 0 Å². The van der Waals surface area contributed by atoms with Gasteiger partial charge in [-0.3, -0.25) is 9.59 Å². The molecule has 28 aromatic carbocycles. The van der Waals surface area contributed by atoms with Crippen LogP contribution in [0.1, 0.15) is 99.3 Å². The molecule has 0 unspecified atom stereocenters. The zero-order chi connectivity index (χ0) is 74.0. The highest BCUT2D eigenvalue weighted by Gasteiger charge is 3.01.